The van der Waals surface area contributed by atoms with Gasteiger partial charge in [-0.3, -0.25) is 0 Å². The molecule has 4 aliphatic carbocycles. The second-order valence-corrected chi connectivity index (χ2v) is 27.1. The lowest BCUT2D eigenvalue weighted by molar-refractivity contribution is 0.590. The molecule has 2 nitrogen and oxygen atoms in total. The Balaban J connectivity index is 0.921. The van der Waals surface area contributed by atoms with Crippen LogP contribution in [-0.2, 0) is 29.1 Å². The van der Waals surface area contributed by atoms with Crippen molar-refractivity contribution >= 4 is 45.9 Å². The van der Waals surface area contributed by atoms with E-state index < -0.39 is 10.8 Å². The summed E-state index contributed by atoms with van der Waals surface area (Å²) in [7, 11) is 0. The van der Waals surface area contributed by atoms with Crippen LogP contribution in [0, 0.1) is 0 Å². The molecule has 3 heteroatoms. The molecule has 13 aromatic rings. The third-order valence-electron chi connectivity index (χ3n) is 21.8. The van der Waals surface area contributed by atoms with E-state index >= 15 is 0 Å². The first-order chi connectivity index (χ1) is 44.8. The Hall–Kier alpha value is -10.5. The van der Waals surface area contributed by atoms with Crippen LogP contribution in [0.2, 0.25) is 0 Å². The number of benzene rings is 13. The molecule has 0 fully saturated rings. The molecule has 0 aromatic heterocycles. The number of rotatable bonds is 8. The van der Waals surface area contributed by atoms with Crippen molar-refractivity contribution in [3.63, 3.8) is 0 Å². The fourth-order valence-corrected chi connectivity index (χ4v) is 18.0. The largest absolute Gasteiger partial charge is 0.342 e. The third kappa shape index (κ3) is 7.21. The van der Waals surface area contributed by atoms with Gasteiger partial charge in [0, 0.05) is 35.8 Å². The second kappa shape index (κ2) is 19.5. The number of nitrogens with zero attached hydrogens (tertiary/aromatic N) is 2. The Morgan fingerprint density at radius 2 is 0.582 bits per heavy atom. The predicted molar refractivity (Wildman–Crippen MR) is 380 cm³/mol. The van der Waals surface area contributed by atoms with Crippen LogP contribution in [0.3, 0.4) is 0 Å². The van der Waals surface area contributed by atoms with Gasteiger partial charge < -0.3 is 9.80 Å². The van der Waals surface area contributed by atoms with Crippen molar-refractivity contribution < 1.29 is 0 Å². The molecule has 0 unspecified atom stereocenters. The second-order valence-electron chi connectivity index (χ2n) is 27.1. The van der Waals surface area contributed by atoms with Gasteiger partial charge in [-0.25, -0.2) is 0 Å². The minimum atomic E-state index is -0.524. The number of fused-ring (bicyclic) bond motifs is 24. The van der Waals surface area contributed by atoms with Crippen LogP contribution in [-0.4, -0.2) is 19.8 Å². The zero-order valence-electron chi connectivity index (χ0n) is 51.5. The minimum Gasteiger partial charge on any atom is -0.342 e. The van der Waals surface area contributed by atoms with Crippen LogP contribution in [0.5, 0.6) is 0 Å². The van der Waals surface area contributed by atoms with Gasteiger partial charge in [0.15, 0.2) is 0 Å². The van der Waals surface area contributed by atoms with Gasteiger partial charge in [0.25, 0.3) is 6.71 Å². The van der Waals surface area contributed by atoms with Crippen LogP contribution < -0.4 is 26.2 Å². The molecule has 6 aliphatic rings. The van der Waals surface area contributed by atoms with Crippen molar-refractivity contribution in [2.24, 2.45) is 0 Å². The van der Waals surface area contributed by atoms with E-state index in [-0.39, 0.29) is 12.1 Å². The lowest BCUT2D eigenvalue weighted by Crippen LogP contribution is -2.63. The number of hydrogen-bond donors (Lipinski definition) is 0. The first-order valence-corrected chi connectivity index (χ1v) is 32.8. The van der Waals surface area contributed by atoms with E-state index in [1.54, 1.807) is 0 Å². The van der Waals surface area contributed by atoms with Crippen LogP contribution >= 0.6 is 0 Å². The molecule has 430 valence electrons. The SMILES string of the molecule is CC(C)(C)c1cc2c3c(c1)N(CCc1ccccc1-c1ccccc1)c1cc4c(cc1B3c1cc3c(cc1N2CCc1ccccc1-c1ccccc1)-c1ccccc1C31c2ccccc2-c2ccccc21)C1(c2ccccc2-c2ccccc21)c1ccccc1-4. The average molecular weight is 1160 g/mol. The van der Waals surface area contributed by atoms with Crippen LogP contribution in [0.4, 0.5) is 22.7 Å². The van der Waals surface area contributed by atoms with Gasteiger partial charge in [-0.1, -0.05) is 288 Å². The molecule has 2 aliphatic heterocycles. The lowest BCUT2D eigenvalue weighted by Gasteiger charge is -2.46. The normalized spacial score (nSPS) is 14.6. The monoisotopic (exact) mass is 1160 g/mol. The molecule has 19 rings (SSSR count). The maximum Gasteiger partial charge on any atom is 0.252 e. The van der Waals surface area contributed by atoms with Gasteiger partial charge in [-0.2, -0.15) is 0 Å². The Morgan fingerprint density at radius 1 is 0.286 bits per heavy atom. The molecule has 0 saturated heterocycles. The minimum absolute atomic E-state index is 0.124. The summed E-state index contributed by atoms with van der Waals surface area (Å²) in [6, 6.07) is 112. The Bertz CT molecular complexity index is 4800. The number of hydrogen-bond acceptors (Lipinski definition) is 2. The predicted octanol–water partition coefficient (Wildman–Crippen LogP) is 18.9. The highest BCUT2D eigenvalue weighted by molar-refractivity contribution is 7.00. The Morgan fingerprint density at radius 3 is 0.923 bits per heavy atom. The van der Waals surface area contributed by atoms with Crippen molar-refractivity contribution in [3.05, 3.63) is 352 Å². The zero-order valence-corrected chi connectivity index (χ0v) is 51.5. The highest BCUT2D eigenvalue weighted by Gasteiger charge is 2.56. The summed E-state index contributed by atoms with van der Waals surface area (Å²) >= 11 is 0. The van der Waals surface area contributed by atoms with Crippen LogP contribution in [0.25, 0.3) is 66.8 Å². The van der Waals surface area contributed by atoms with Crippen molar-refractivity contribution in [2.75, 3.05) is 22.9 Å². The van der Waals surface area contributed by atoms with E-state index in [1.165, 1.54) is 167 Å². The van der Waals surface area contributed by atoms with Gasteiger partial charge in [0.1, 0.15) is 0 Å². The van der Waals surface area contributed by atoms with Crippen LogP contribution in [0.15, 0.2) is 291 Å². The van der Waals surface area contributed by atoms with Crippen molar-refractivity contribution in [1.82, 2.24) is 0 Å². The Kier molecular flexibility index (Phi) is 11.2. The molecule has 0 radical (unpaired) electrons. The first-order valence-electron chi connectivity index (χ1n) is 32.8. The van der Waals surface area contributed by atoms with E-state index in [0.717, 1.165) is 25.9 Å². The zero-order chi connectivity index (χ0) is 60.3. The average Bonchev–Trinajstić information content (AvgIpc) is 1.57. The lowest BCUT2D eigenvalue weighted by atomic mass is 9.33. The summed E-state index contributed by atoms with van der Waals surface area (Å²) in [6.45, 7) is 8.68. The standard InChI is InChI=1S/C88H65BN2/c1-86(2,3)60-50-83-85-84(51-60)91(49-47-59-31-11-13-33-62(59)57-28-8-5-9-29-57)82-53-70-68-39-19-25-45-76(68)88(73-42-22-16-36-65(73)66-37-17-23-43-74(66)88)78(70)55-80(82)89(85)79-54-77-69(52-81(79)90(83)48-46-58-30-10-12-32-61(58)56-26-6-4-7-27-56)67-38-18-24-44-75(67)87(77)71-40-20-14-34-63(71)64-35-15-21-41-72(64)87/h4-45,50-55H,46-49H2,1-3H3. The fraction of sp³-hybridized carbons (Fsp3) is 0.114. The maximum atomic E-state index is 2.79. The smallest absolute Gasteiger partial charge is 0.252 e. The maximum absolute atomic E-state index is 2.79. The number of anilines is 4. The molecule has 0 saturated carbocycles. The van der Waals surface area contributed by atoms with Crippen molar-refractivity contribution in [2.45, 2.75) is 49.9 Å². The quantitative estimate of drug-likeness (QED) is 0.140. The van der Waals surface area contributed by atoms with Gasteiger partial charge in [-0.15, -0.1) is 0 Å². The summed E-state index contributed by atoms with van der Waals surface area (Å²) < 4.78 is 0. The van der Waals surface area contributed by atoms with Crippen molar-refractivity contribution in [3.8, 4) is 66.8 Å². The van der Waals surface area contributed by atoms with E-state index in [2.05, 4.69) is 322 Å². The van der Waals surface area contributed by atoms with E-state index in [1.807, 2.05) is 0 Å². The van der Waals surface area contributed by atoms with Gasteiger partial charge in [0.05, 0.1) is 10.8 Å². The molecule has 13 aromatic carbocycles. The first kappa shape index (κ1) is 52.5. The molecule has 0 amide bonds. The molecule has 91 heavy (non-hydrogen) atoms. The van der Waals surface area contributed by atoms with E-state index in [0.29, 0.717) is 0 Å². The molecule has 2 heterocycles. The highest BCUT2D eigenvalue weighted by atomic mass is 15.2. The fourth-order valence-electron chi connectivity index (χ4n) is 18.0. The van der Waals surface area contributed by atoms with Crippen LogP contribution in [0.1, 0.15) is 82.0 Å². The molecule has 0 bridgehead atoms. The summed E-state index contributed by atoms with van der Waals surface area (Å²) in [5.41, 5.74) is 38.8. The Labute approximate surface area is 534 Å². The summed E-state index contributed by atoms with van der Waals surface area (Å²) in [5.74, 6) is 0. The van der Waals surface area contributed by atoms with Gasteiger partial charge in [-0.05, 0) is 187 Å². The molecule has 0 atom stereocenters. The molecule has 0 N–H and O–H groups in total. The molecular formula is C88H65BN2. The third-order valence-corrected chi connectivity index (χ3v) is 21.8. The summed E-state index contributed by atoms with van der Waals surface area (Å²) in [5, 5.41) is 0. The molecular weight excluding hydrogens is 1100 g/mol. The van der Waals surface area contributed by atoms with Crippen molar-refractivity contribution in [1.29, 1.82) is 0 Å². The van der Waals surface area contributed by atoms with E-state index in [9.17, 15) is 0 Å². The summed E-state index contributed by atoms with van der Waals surface area (Å²) in [6.07, 6.45) is 1.71. The molecule has 2 spiro atoms. The summed E-state index contributed by atoms with van der Waals surface area (Å²) in [4.78, 5) is 5.57. The highest BCUT2D eigenvalue weighted by Crippen LogP contribution is 2.65. The topological polar surface area (TPSA) is 6.48 Å². The van der Waals surface area contributed by atoms with Gasteiger partial charge >= 0.3 is 0 Å². The van der Waals surface area contributed by atoms with E-state index in [4.69, 9.17) is 0 Å². The van der Waals surface area contributed by atoms with Gasteiger partial charge in [0.2, 0.25) is 0 Å².